The van der Waals surface area contributed by atoms with Gasteiger partial charge in [-0.2, -0.15) is 0 Å². The van der Waals surface area contributed by atoms with Crippen molar-refractivity contribution in [1.29, 1.82) is 0 Å². The Morgan fingerprint density at radius 1 is 1.06 bits per heavy atom. The number of hydrogen-bond acceptors (Lipinski definition) is 6. The molecule has 0 heterocycles. The Morgan fingerprint density at radius 2 is 1.81 bits per heavy atom. The van der Waals surface area contributed by atoms with Crippen LogP contribution in [0, 0.1) is 0 Å². The molecule has 2 aromatic rings. The second-order valence-electron chi connectivity index (χ2n) is 7.89. The van der Waals surface area contributed by atoms with Crippen LogP contribution >= 0.6 is 0 Å². The molecule has 0 aromatic heterocycles. The minimum Gasteiger partial charge on any atom is -0.508 e. The van der Waals surface area contributed by atoms with Crippen molar-refractivity contribution < 1.29 is 15.0 Å². The maximum atomic E-state index is 12.3. The van der Waals surface area contributed by atoms with Gasteiger partial charge in [-0.15, -0.1) is 0 Å². The van der Waals surface area contributed by atoms with Crippen LogP contribution in [0.2, 0.25) is 0 Å². The van der Waals surface area contributed by atoms with Crippen molar-refractivity contribution in [2.75, 3.05) is 12.0 Å². The molecule has 2 rings (SSSR count). The molecule has 0 radical (unpaired) electrons. The summed E-state index contributed by atoms with van der Waals surface area (Å²) < 4.78 is 0. The Labute approximate surface area is 184 Å². The van der Waals surface area contributed by atoms with Crippen LogP contribution in [-0.2, 0) is 17.6 Å². The van der Waals surface area contributed by atoms with E-state index in [0.717, 1.165) is 55.2 Å². The van der Waals surface area contributed by atoms with Crippen LogP contribution in [0.5, 0.6) is 11.5 Å². The molecule has 0 saturated carbocycles. The van der Waals surface area contributed by atoms with Gasteiger partial charge in [-0.05, 0) is 73.2 Å². The van der Waals surface area contributed by atoms with E-state index < -0.39 is 6.04 Å². The van der Waals surface area contributed by atoms with Crippen LogP contribution in [-0.4, -0.2) is 28.7 Å². The quantitative estimate of drug-likeness (QED) is 0.174. The number of phenols is 2. The molecular weight excluding hydrogens is 392 g/mol. The largest absolute Gasteiger partial charge is 0.508 e. The number of unbranched alkanes of at least 4 members (excludes halogenated alkanes) is 1. The average molecular weight is 429 g/mol. The molecule has 0 aliphatic heterocycles. The zero-order chi connectivity index (χ0) is 22.8. The van der Waals surface area contributed by atoms with Gasteiger partial charge >= 0.3 is 0 Å². The van der Waals surface area contributed by atoms with Crippen molar-refractivity contribution in [3.05, 3.63) is 41.5 Å². The van der Waals surface area contributed by atoms with E-state index in [0.29, 0.717) is 24.2 Å². The lowest BCUT2D eigenvalue weighted by atomic mass is 9.96. The van der Waals surface area contributed by atoms with Gasteiger partial charge in [0.15, 0.2) is 0 Å². The molecule has 0 saturated heterocycles. The van der Waals surface area contributed by atoms with Gasteiger partial charge in [-0.1, -0.05) is 39.2 Å². The van der Waals surface area contributed by atoms with Gasteiger partial charge in [0.25, 0.3) is 5.91 Å². The van der Waals surface area contributed by atoms with Crippen LogP contribution in [0.4, 0.5) is 5.69 Å². The molecule has 2 aromatic carbocycles. The number of rotatable bonds is 12. The lowest BCUT2D eigenvalue weighted by Crippen LogP contribution is -2.43. The SMILES string of the molecule is CCCc1cc(NNC(=O)C(N)CCCCN)c(O)c(-c2ccc(O)c(CCC)c2)c1. The molecule has 0 bridgehead atoms. The highest BCUT2D eigenvalue weighted by Gasteiger charge is 2.16. The van der Waals surface area contributed by atoms with Gasteiger partial charge in [-0.25, -0.2) is 0 Å². The highest BCUT2D eigenvalue weighted by Crippen LogP contribution is 2.38. The maximum Gasteiger partial charge on any atom is 0.255 e. The third-order valence-corrected chi connectivity index (χ3v) is 5.24. The van der Waals surface area contributed by atoms with Crippen molar-refractivity contribution in [3.63, 3.8) is 0 Å². The summed E-state index contributed by atoms with van der Waals surface area (Å²) in [7, 11) is 0. The predicted molar refractivity (Wildman–Crippen MR) is 126 cm³/mol. The van der Waals surface area contributed by atoms with Gasteiger partial charge in [-0.3, -0.25) is 15.6 Å². The molecule has 0 spiro atoms. The number of aromatic hydroxyl groups is 2. The summed E-state index contributed by atoms with van der Waals surface area (Å²) >= 11 is 0. The van der Waals surface area contributed by atoms with Crippen LogP contribution in [0.1, 0.15) is 57.1 Å². The van der Waals surface area contributed by atoms with E-state index in [4.69, 9.17) is 11.5 Å². The fourth-order valence-electron chi connectivity index (χ4n) is 3.53. The summed E-state index contributed by atoms with van der Waals surface area (Å²) in [6.45, 7) is 4.71. The van der Waals surface area contributed by atoms with E-state index >= 15 is 0 Å². The molecule has 1 atom stereocenters. The van der Waals surface area contributed by atoms with Crippen molar-refractivity contribution in [1.82, 2.24) is 5.43 Å². The van der Waals surface area contributed by atoms with Gasteiger partial charge in [0.05, 0.1) is 11.7 Å². The molecule has 31 heavy (non-hydrogen) atoms. The molecule has 7 nitrogen and oxygen atoms in total. The summed E-state index contributed by atoms with van der Waals surface area (Å²) in [5.41, 5.74) is 20.6. The monoisotopic (exact) mass is 428 g/mol. The Kier molecular flexibility index (Phi) is 9.62. The standard InChI is InChI=1S/C24H36N4O3/c1-3-7-16-13-19(17-10-11-22(29)18(15-17)8-4-2)23(30)21(14-16)27-28-24(31)20(26)9-5-6-12-25/h10-11,13-15,20,27,29-30H,3-9,12,25-26H2,1-2H3,(H,28,31). The molecular formula is C24H36N4O3. The number of hydrogen-bond donors (Lipinski definition) is 6. The Balaban J connectivity index is 2.28. The molecule has 0 aliphatic carbocycles. The second-order valence-corrected chi connectivity index (χ2v) is 7.89. The minimum absolute atomic E-state index is 0.0324. The minimum atomic E-state index is -0.645. The van der Waals surface area contributed by atoms with E-state index in [1.807, 2.05) is 18.2 Å². The van der Waals surface area contributed by atoms with Crippen molar-refractivity contribution in [2.45, 2.75) is 64.8 Å². The molecule has 8 N–H and O–H groups in total. The second kappa shape index (κ2) is 12.2. The molecule has 0 fully saturated rings. The van der Waals surface area contributed by atoms with Gasteiger partial charge in [0.2, 0.25) is 0 Å². The first-order valence-electron chi connectivity index (χ1n) is 11.1. The van der Waals surface area contributed by atoms with Crippen molar-refractivity contribution >= 4 is 11.6 Å². The van der Waals surface area contributed by atoms with E-state index in [-0.39, 0.29) is 17.4 Å². The molecule has 7 heteroatoms. The van der Waals surface area contributed by atoms with Crippen molar-refractivity contribution in [2.24, 2.45) is 11.5 Å². The van der Waals surface area contributed by atoms with E-state index in [1.165, 1.54) is 0 Å². The van der Waals surface area contributed by atoms with Crippen LogP contribution in [0.15, 0.2) is 30.3 Å². The first kappa shape index (κ1) is 24.5. The smallest absolute Gasteiger partial charge is 0.255 e. The van der Waals surface area contributed by atoms with Crippen LogP contribution in [0.3, 0.4) is 0 Å². The normalized spacial score (nSPS) is 11.9. The zero-order valence-corrected chi connectivity index (χ0v) is 18.6. The highest BCUT2D eigenvalue weighted by atomic mass is 16.3. The molecule has 1 amide bonds. The fraction of sp³-hybridized carbons (Fsp3) is 0.458. The number of hydrazine groups is 1. The Hall–Kier alpha value is -2.77. The van der Waals surface area contributed by atoms with Gasteiger partial charge in [0, 0.05) is 5.56 Å². The number of phenolic OH excluding ortho intramolecular Hbond substituents is 2. The first-order valence-corrected chi connectivity index (χ1v) is 11.1. The number of carbonyl (C=O) groups excluding carboxylic acids is 1. The Bertz CT molecular complexity index is 870. The van der Waals surface area contributed by atoms with E-state index in [2.05, 4.69) is 24.7 Å². The number of nitrogens with one attached hydrogen (secondary N) is 2. The van der Waals surface area contributed by atoms with E-state index in [1.54, 1.807) is 12.1 Å². The fourth-order valence-corrected chi connectivity index (χ4v) is 3.53. The predicted octanol–water partition coefficient (Wildman–Crippen LogP) is 3.57. The average Bonchev–Trinajstić information content (AvgIpc) is 2.75. The third-order valence-electron chi connectivity index (χ3n) is 5.24. The van der Waals surface area contributed by atoms with Crippen LogP contribution in [0.25, 0.3) is 11.1 Å². The molecule has 1 unspecified atom stereocenters. The third kappa shape index (κ3) is 6.87. The number of amides is 1. The lowest BCUT2D eigenvalue weighted by molar-refractivity contribution is -0.122. The number of nitrogens with two attached hydrogens (primary N) is 2. The molecule has 0 aliphatic rings. The zero-order valence-electron chi connectivity index (χ0n) is 18.6. The van der Waals surface area contributed by atoms with E-state index in [9.17, 15) is 15.0 Å². The summed E-state index contributed by atoms with van der Waals surface area (Å²) in [5, 5.41) is 21.0. The van der Waals surface area contributed by atoms with Crippen molar-refractivity contribution in [3.8, 4) is 22.6 Å². The lowest BCUT2D eigenvalue weighted by Gasteiger charge is -2.18. The molecule has 170 valence electrons. The number of anilines is 1. The summed E-state index contributed by atoms with van der Waals surface area (Å²) in [5.74, 6) is -0.0530. The highest BCUT2D eigenvalue weighted by molar-refractivity contribution is 5.84. The van der Waals surface area contributed by atoms with Gasteiger partial charge in [0.1, 0.15) is 11.5 Å². The summed E-state index contributed by atoms with van der Waals surface area (Å²) in [6, 6.07) is 8.48. The Morgan fingerprint density at radius 3 is 2.48 bits per heavy atom. The summed E-state index contributed by atoms with van der Waals surface area (Å²) in [6.07, 6.45) is 5.58. The first-order chi connectivity index (χ1) is 14.9. The maximum absolute atomic E-state index is 12.3. The number of aryl methyl sites for hydroxylation is 2. The topological polar surface area (TPSA) is 134 Å². The summed E-state index contributed by atoms with van der Waals surface area (Å²) in [4.78, 5) is 12.3. The number of carbonyl (C=O) groups is 1. The number of benzene rings is 2. The van der Waals surface area contributed by atoms with Crippen LogP contribution < -0.4 is 22.3 Å². The van der Waals surface area contributed by atoms with Gasteiger partial charge < -0.3 is 21.7 Å².